The highest BCUT2D eigenvalue weighted by Crippen LogP contribution is 2.41. The van der Waals surface area contributed by atoms with E-state index >= 15 is 0 Å². The molecule has 1 fully saturated rings. The summed E-state index contributed by atoms with van der Waals surface area (Å²) in [6.07, 6.45) is -4.57. The molecular weight excluding hydrogens is 403 g/mol. The van der Waals surface area contributed by atoms with Crippen LogP contribution in [0.1, 0.15) is 102 Å². The zero-order valence-electron chi connectivity index (χ0n) is 28.5. The summed E-state index contributed by atoms with van der Waals surface area (Å²) in [6, 6.07) is 5.15. The Morgan fingerprint density at radius 1 is 1.16 bits per heavy atom. The summed E-state index contributed by atoms with van der Waals surface area (Å²) in [5.74, 6) is -0.357. The third kappa shape index (κ3) is 5.88. The molecule has 1 aliphatic rings. The number of rotatable bonds is 7. The number of aryl methyl sites for hydroxylation is 1. The number of halogens is 3. The first-order valence-electron chi connectivity index (χ1n) is 15.7. The smallest absolute Gasteiger partial charge is 0.392 e. The molecule has 168 valence electrons. The zero-order valence-corrected chi connectivity index (χ0v) is 16.5. The molecule has 1 saturated carbocycles. The maximum absolute atomic E-state index is 14.0. The Morgan fingerprint density at radius 2 is 1.97 bits per heavy atom. The van der Waals surface area contributed by atoms with Crippen molar-refractivity contribution in [2.45, 2.75) is 77.4 Å². The highest BCUT2D eigenvalue weighted by atomic mass is 19.4. The van der Waals surface area contributed by atoms with Crippen molar-refractivity contribution in [2.75, 3.05) is 0 Å². The Bertz CT molecular complexity index is 1340. The van der Waals surface area contributed by atoms with E-state index < -0.39 is 72.9 Å². The Kier molecular flexibility index (Phi) is 4.01. The first-order valence-corrected chi connectivity index (χ1v) is 9.73. The molecule has 0 amide bonds. The minimum absolute atomic E-state index is 0.0262. The van der Waals surface area contributed by atoms with E-state index in [0.29, 0.717) is 25.0 Å². The van der Waals surface area contributed by atoms with Crippen molar-refractivity contribution >= 4 is 5.71 Å². The van der Waals surface area contributed by atoms with Crippen LogP contribution < -0.4 is 0 Å². The summed E-state index contributed by atoms with van der Waals surface area (Å²) in [7, 11) is 0. The maximum Gasteiger partial charge on any atom is 0.416 e. The molecule has 0 bridgehead atoms. The molecule has 2 aromatic rings. The summed E-state index contributed by atoms with van der Waals surface area (Å²) in [4.78, 5) is 4.87. The van der Waals surface area contributed by atoms with Gasteiger partial charge in [-0.2, -0.15) is 13.2 Å². The van der Waals surface area contributed by atoms with Gasteiger partial charge in [0.15, 0.2) is 0 Å². The first-order chi connectivity index (χ1) is 19.4. The van der Waals surface area contributed by atoms with E-state index in [4.69, 9.17) is 21.3 Å². The fraction of sp³-hybridized carbons (Fsp3) is 0.480. The second kappa shape index (κ2) is 10.3. The van der Waals surface area contributed by atoms with Gasteiger partial charge in [0.25, 0.3) is 0 Å². The van der Waals surface area contributed by atoms with Gasteiger partial charge in [-0.1, -0.05) is 55.5 Å². The van der Waals surface area contributed by atoms with Gasteiger partial charge in [-0.3, -0.25) is 0 Å². The number of alkyl halides is 3. The summed E-state index contributed by atoms with van der Waals surface area (Å²) < 4.78 is 136. The van der Waals surface area contributed by atoms with Crippen molar-refractivity contribution < 1.29 is 39.6 Å². The van der Waals surface area contributed by atoms with Crippen molar-refractivity contribution in [3.05, 3.63) is 69.8 Å². The average molecular weight is 446 g/mol. The lowest BCUT2D eigenvalue weighted by Crippen LogP contribution is -2.15. The summed E-state index contributed by atoms with van der Waals surface area (Å²) in [5.41, 5.74) is -4.92. The lowest BCUT2D eigenvalue weighted by molar-refractivity contribution is -0.138. The largest absolute Gasteiger partial charge is 0.416 e. The lowest BCUT2D eigenvalue weighted by Gasteiger charge is -2.25. The van der Waals surface area contributed by atoms with Gasteiger partial charge in [-0.05, 0) is 71.9 Å². The van der Waals surface area contributed by atoms with Gasteiger partial charge in [0, 0.05) is 11.0 Å². The minimum Gasteiger partial charge on any atom is -0.392 e. The third-order valence-electron chi connectivity index (χ3n) is 5.25. The maximum atomic E-state index is 14.0. The van der Waals surface area contributed by atoms with Crippen LogP contribution in [0.3, 0.4) is 0 Å². The van der Waals surface area contributed by atoms with E-state index in [9.17, 15) is 18.3 Å². The fourth-order valence-electron chi connectivity index (χ4n) is 3.70. The fourth-order valence-corrected chi connectivity index (χ4v) is 3.70. The van der Waals surface area contributed by atoms with Crippen LogP contribution >= 0.6 is 0 Å². The van der Waals surface area contributed by atoms with E-state index in [1.165, 1.54) is 6.07 Å². The van der Waals surface area contributed by atoms with Crippen LogP contribution in [0.5, 0.6) is 0 Å². The molecule has 0 heterocycles. The van der Waals surface area contributed by atoms with E-state index in [1.54, 1.807) is 0 Å². The lowest BCUT2D eigenvalue weighted by atomic mass is 9.81. The number of aliphatic hydroxyl groups is 1. The van der Waals surface area contributed by atoms with Crippen LogP contribution in [0.2, 0.25) is 0 Å². The second-order valence-electron chi connectivity index (χ2n) is 7.27. The summed E-state index contributed by atoms with van der Waals surface area (Å²) >= 11 is 0. The van der Waals surface area contributed by atoms with Crippen molar-refractivity contribution in [3.63, 3.8) is 0 Å². The average Bonchev–Trinajstić information content (AvgIpc) is 2.86. The highest BCUT2D eigenvalue weighted by molar-refractivity contribution is 5.98. The van der Waals surface area contributed by atoms with Crippen LogP contribution in [0, 0.1) is 0 Å². The third-order valence-corrected chi connectivity index (χ3v) is 5.25. The molecule has 0 radical (unpaired) electrons. The topological polar surface area (TPSA) is 41.8 Å². The first kappa shape index (κ1) is 12.0. The molecule has 0 unspecified atom stereocenters. The van der Waals surface area contributed by atoms with Crippen LogP contribution in [-0.4, -0.2) is 10.8 Å². The Hall–Kier alpha value is -2.34. The molecule has 0 saturated heterocycles. The zero-order chi connectivity index (χ0) is 32.8. The Balaban J connectivity index is 2.10. The van der Waals surface area contributed by atoms with Crippen molar-refractivity contribution in [1.82, 2.24) is 0 Å². The van der Waals surface area contributed by atoms with E-state index in [1.807, 2.05) is 0 Å². The Morgan fingerprint density at radius 3 is 2.65 bits per heavy atom. The molecule has 0 spiro atoms. The van der Waals surface area contributed by atoms with Crippen molar-refractivity contribution in [1.29, 1.82) is 0 Å². The predicted octanol–water partition coefficient (Wildman–Crippen LogP) is 6.75. The summed E-state index contributed by atoms with van der Waals surface area (Å²) in [5, 5.41) is 13.3. The molecule has 1 N–H and O–H groups in total. The van der Waals surface area contributed by atoms with E-state index in [-0.39, 0.29) is 11.5 Å². The molecule has 2 aromatic carbocycles. The van der Waals surface area contributed by atoms with Gasteiger partial charge in [-0.15, -0.1) is 0 Å². The molecule has 0 atom stereocenters. The van der Waals surface area contributed by atoms with Gasteiger partial charge in [0.05, 0.1) is 23.3 Å². The molecule has 0 aromatic heterocycles. The monoisotopic (exact) mass is 445 g/mol. The molecule has 3 nitrogen and oxygen atoms in total. The quantitative estimate of drug-likeness (QED) is 0.378. The van der Waals surface area contributed by atoms with Crippen LogP contribution in [-0.2, 0) is 30.5 Å². The number of hydrogen-bond acceptors (Lipinski definition) is 3. The van der Waals surface area contributed by atoms with Crippen molar-refractivity contribution in [3.8, 4) is 0 Å². The minimum atomic E-state index is -4.82. The van der Waals surface area contributed by atoms with Gasteiger partial charge in [-0.25, -0.2) is 0 Å². The van der Waals surface area contributed by atoms with Crippen LogP contribution in [0.4, 0.5) is 13.2 Å². The number of hydrogen-bond donors (Lipinski definition) is 1. The van der Waals surface area contributed by atoms with Gasteiger partial charge in [0.1, 0.15) is 6.56 Å². The number of oxime groups is 1. The normalized spacial score (nSPS) is 23.8. The number of nitrogens with zero attached hydrogens (tertiary/aromatic N) is 1. The molecule has 1 aliphatic carbocycles. The number of benzene rings is 2. The van der Waals surface area contributed by atoms with E-state index in [0.717, 1.165) is 37.5 Å². The molecule has 6 heteroatoms. The van der Waals surface area contributed by atoms with E-state index in [2.05, 4.69) is 5.16 Å². The second-order valence-corrected chi connectivity index (χ2v) is 7.27. The molecule has 3 rings (SSSR count). The molecule has 31 heavy (non-hydrogen) atoms. The van der Waals surface area contributed by atoms with Crippen LogP contribution in [0.15, 0.2) is 41.6 Å². The standard InChI is InChI=1S/C25H30F3NO2/c1-3-19-14-21(10-11-22(19)15-30)17(2)29-31-16-18-9-12-23(20-7-5-4-6-8-20)24(13-18)25(26,27)28/h9-14,20,30H,3-8,15-16H2,1-2H3/b29-17+/i1D3,2D3,3D2,15D2,16D2. The van der Waals surface area contributed by atoms with Gasteiger partial charge < -0.3 is 9.94 Å². The summed E-state index contributed by atoms with van der Waals surface area (Å²) in [6.45, 7) is -12.9. The Labute approximate surface area is 198 Å². The highest BCUT2D eigenvalue weighted by Gasteiger charge is 2.35. The SMILES string of the molecule is [2H]C([2H])([2H])/C(=N\OC([2H])([2H])c1ccc(C2CCCCC2)c(C(F)(F)F)c1)c1ccc(C([2H])([2H])O)c(C([2H])([2H])C([2H])([2H])[2H])c1. The van der Waals surface area contributed by atoms with Crippen LogP contribution in [0.25, 0.3) is 0 Å². The molecule has 0 aliphatic heterocycles. The molecular formula is C25H30F3NO2. The predicted molar refractivity (Wildman–Crippen MR) is 116 cm³/mol. The van der Waals surface area contributed by atoms with Gasteiger partial charge >= 0.3 is 6.18 Å². The van der Waals surface area contributed by atoms with Crippen molar-refractivity contribution in [2.24, 2.45) is 5.16 Å². The van der Waals surface area contributed by atoms with Gasteiger partial charge in [0.2, 0.25) is 0 Å².